The molecule has 10 heteroatoms. The van der Waals surface area contributed by atoms with Crippen LogP contribution in [-0.2, 0) is 11.2 Å². The van der Waals surface area contributed by atoms with Crippen LogP contribution >= 0.6 is 11.3 Å². The number of fused-ring (bicyclic) bond motifs is 1. The fourth-order valence-electron chi connectivity index (χ4n) is 3.17. The van der Waals surface area contributed by atoms with Gasteiger partial charge in [-0.1, -0.05) is 23.5 Å². The molecule has 1 aromatic heterocycles. The molecule has 32 heavy (non-hydrogen) atoms. The third kappa shape index (κ3) is 4.45. The first-order valence-corrected chi connectivity index (χ1v) is 10.7. The van der Waals surface area contributed by atoms with E-state index < -0.39 is 6.10 Å². The van der Waals surface area contributed by atoms with Gasteiger partial charge < -0.3 is 9.47 Å². The van der Waals surface area contributed by atoms with E-state index in [-0.39, 0.29) is 24.3 Å². The van der Waals surface area contributed by atoms with Crippen molar-refractivity contribution in [1.82, 2.24) is 15.1 Å². The van der Waals surface area contributed by atoms with Crippen LogP contribution in [0.3, 0.4) is 0 Å². The fraction of sp³-hybridized carbons (Fsp3) is 0.227. The number of rotatable bonds is 8. The number of imide groups is 1. The summed E-state index contributed by atoms with van der Waals surface area (Å²) in [5.74, 6) is 0.231. The lowest BCUT2D eigenvalue weighted by atomic mass is 10.1. The monoisotopic (exact) mass is 452 g/mol. The topological polar surface area (TPSA) is 111 Å². The van der Waals surface area contributed by atoms with E-state index in [1.54, 1.807) is 62.6 Å². The van der Waals surface area contributed by atoms with E-state index in [1.807, 2.05) is 0 Å². The van der Waals surface area contributed by atoms with E-state index >= 15 is 0 Å². The normalized spacial score (nSPS) is 13.6. The molecule has 0 saturated carbocycles. The quantitative estimate of drug-likeness (QED) is 0.523. The molecule has 0 spiro atoms. The highest BCUT2D eigenvalue weighted by Crippen LogP contribution is 2.24. The SMILES string of the molecule is COc1ccc(OC(C)C(=O)Nc2nnc(CCN3C(=O)c4ccccc4C3=O)s2)cc1. The summed E-state index contributed by atoms with van der Waals surface area (Å²) in [6.07, 6.45) is -0.411. The van der Waals surface area contributed by atoms with E-state index in [1.165, 1.54) is 16.2 Å². The summed E-state index contributed by atoms with van der Waals surface area (Å²) in [4.78, 5) is 38.5. The average molecular weight is 452 g/mol. The summed E-state index contributed by atoms with van der Waals surface area (Å²) < 4.78 is 10.7. The standard InChI is InChI=1S/C22H20N4O5S/c1-13(31-15-9-7-14(30-2)8-10-15)19(27)23-22-25-24-18(32-22)11-12-26-20(28)16-5-3-4-6-17(16)21(26)29/h3-10,13H,11-12H2,1-2H3,(H,23,25,27). The van der Waals surface area contributed by atoms with Crippen LogP contribution in [-0.4, -0.2) is 52.6 Å². The van der Waals surface area contributed by atoms with Crippen LogP contribution in [0.1, 0.15) is 32.6 Å². The maximum absolute atomic E-state index is 12.4. The van der Waals surface area contributed by atoms with Gasteiger partial charge in [0.25, 0.3) is 17.7 Å². The molecule has 0 bridgehead atoms. The Hall–Kier alpha value is -3.79. The van der Waals surface area contributed by atoms with Gasteiger partial charge in [0, 0.05) is 13.0 Å². The Morgan fingerprint density at radius 3 is 2.28 bits per heavy atom. The minimum atomic E-state index is -0.755. The van der Waals surface area contributed by atoms with Crippen molar-refractivity contribution in [3.8, 4) is 11.5 Å². The summed E-state index contributed by atoms with van der Waals surface area (Å²) in [5, 5.41) is 11.6. The van der Waals surface area contributed by atoms with Crippen molar-refractivity contribution in [1.29, 1.82) is 0 Å². The van der Waals surface area contributed by atoms with Gasteiger partial charge in [0.05, 0.1) is 18.2 Å². The smallest absolute Gasteiger partial charge is 0.266 e. The highest BCUT2D eigenvalue weighted by Gasteiger charge is 2.34. The number of nitrogens with one attached hydrogen (secondary N) is 1. The molecule has 4 rings (SSSR count). The molecule has 0 saturated heterocycles. The molecule has 164 valence electrons. The van der Waals surface area contributed by atoms with Gasteiger partial charge >= 0.3 is 0 Å². The van der Waals surface area contributed by atoms with Crippen LogP contribution in [0.4, 0.5) is 5.13 Å². The van der Waals surface area contributed by atoms with Gasteiger partial charge in [-0.15, -0.1) is 10.2 Å². The van der Waals surface area contributed by atoms with Crippen molar-refractivity contribution < 1.29 is 23.9 Å². The third-order valence-corrected chi connectivity index (χ3v) is 5.76. The molecule has 1 atom stereocenters. The van der Waals surface area contributed by atoms with Gasteiger partial charge in [-0.05, 0) is 43.3 Å². The van der Waals surface area contributed by atoms with Crippen LogP contribution < -0.4 is 14.8 Å². The van der Waals surface area contributed by atoms with Gasteiger partial charge in [-0.3, -0.25) is 24.6 Å². The molecule has 3 aromatic rings. The van der Waals surface area contributed by atoms with Gasteiger partial charge in [0.2, 0.25) is 5.13 Å². The molecule has 1 aliphatic heterocycles. The Kier molecular flexibility index (Phi) is 6.13. The summed E-state index contributed by atoms with van der Waals surface area (Å²) in [6.45, 7) is 1.82. The number of hydrogen-bond donors (Lipinski definition) is 1. The Bertz CT molecular complexity index is 1130. The number of ether oxygens (including phenoxy) is 2. The van der Waals surface area contributed by atoms with E-state index in [4.69, 9.17) is 9.47 Å². The number of aromatic nitrogens is 2. The Labute approximate surface area is 188 Å². The third-order valence-electron chi connectivity index (χ3n) is 4.87. The van der Waals surface area contributed by atoms with E-state index in [2.05, 4.69) is 15.5 Å². The van der Waals surface area contributed by atoms with Crippen molar-refractivity contribution in [2.75, 3.05) is 19.0 Å². The highest BCUT2D eigenvalue weighted by molar-refractivity contribution is 7.15. The number of carbonyl (C=O) groups is 3. The summed E-state index contributed by atoms with van der Waals surface area (Å²) in [6, 6.07) is 13.7. The van der Waals surface area contributed by atoms with Gasteiger partial charge in [0.15, 0.2) is 6.10 Å². The largest absolute Gasteiger partial charge is 0.497 e. The predicted molar refractivity (Wildman–Crippen MR) is 117 cm³/mol. The van der Waals surface area contributed by atoms with Crippen molar-refractivity contribution in [2.24, 2.45) is 0 Å². The summed E-state index contributed by atoms with van der Waals surface area (Å²) >= 11 is 1.18. The zero-order chi connectivity index (χ0) is 22.7. The van der Waals surface area contributed by atoms with E-state index in [0.717, 1.165) is 0 Å². The first-order valence-electron chi connectivity index (χ1n) is 9.85. The summed E-state index contributed by atoms with van der Waals surface area (Å²) in [5.41, 5.74) is 0.821. The van der Waals surface area contributed by atoms with Crippen LogP contribution in [0.25, 0.3) is 0 Å². The van der Waals surface area contributed by atoms with Crippen molar-refractivity contribution in [3.05, 3.63) is 64.7 Å². The average Bonchev–Trinajstić information content (AvgIpc) is 3.35. The molecule has 0 radical (unpaired) electrons. The van der Waals surface area contributed by atoms with E-state index in [0.29, 0.717) is 39.2 Å². The van der Waals surface area contributed by atoms with Crippen LogP contribution in [0, 0.1) is 0 Å². The molecule has 2 aromatic carbocycles. The molecule has 0 aliphatic carbocycles. The summed E-state index contributed by atoms with van der Waals surface area (Å²) in [7, 11) is 1.57. The van der Waals surface area contributed by atoms with Crippen molar-refractivity contribution >= 4 is 34.2 Å². The first-order chi connectivity index (χ1) is 15.5. The molecule has 3 amide bonds. The minimum Gasteiger partial charge on any atom is -0.497 e. The Balaban J connectivity index is 1.30. The molecule has 1 aliphatic rings. The number of carbonyl (C=O) groups excluding carboxylic acids is 3. The maximum atomic E-state index is 12.4. The van der Waals surface area contributed by atoms with Crippen LogP contribution in [0.2, 0.25) is 0 Å². The molecule has 9 nitrogen and oxygen atoms in total. The molecular weight excluding hydrogens is 432 g/mol. The number of amides is 3. The maximum Gasteiger partial charge on any atom is 0.266 e. The van der Waals surface area contributed by atoms with Gasteiger partial charge in [-0.2, -0.15) is 0 Å². The fourth-order valence-corrected chi connectivity index (χ4v) is 3.91. The number of anilines is 1. The zero-order valence-electron chi connectivity index (χ0n) is 17.4. The van der Waals surface area contributed by atoms with Gasteiger partial charge in [0.1, 0.15) is 16.5 Å². The second-order valence-electron chi connectivity index (χ2n) is 6.98. The lowest BCUT2D eigenvalue weighted by Crippen LogP contribution is -2.31. The van der Waals surface area contributed by atoms with Crippen LogP contribution in [0.5, 0.6) is 11.5 Å². The molecule has 2 heterocycles. The lowest BCUT2D eigenvalue weighted by Gasteiger charge is -2.13. The number of hydrogen-bond acceptors (Lipinski definition) is 8. The van der Waals surface area contributed by atoms with Crippen molar-refractivity contribution in [2.45, 2.75) is 19.4 Å². The molecule has 1 unspecified atom stereocenters. The first kappa shape index (κ1) is 21.4. The Morgan fingerprint density at radius 1 is 1.03 bits per heavy atom. The van der Waals surface area contributed by atoms with E-state index in [9.17, 15) is 14.4 Å². The van der Waals surface area contributed by atoms with Crippen molar-refractivity contribution in [3.63, 3.8) is 0 Å². The second kappa shape index (κ2) is 9.15. The molecule has 1 N–H and O–H groups in total. The highest BCUT2D eigenvalue weighted by atomic mass is 32.1. The predicted octanol–water partition coefficient (Wildman–Crippen LogP) is 2.79. The minimum absolute atomic E-state index is 0.186. The number of nitrogens with zero attached hydrogens (tertiary/aromatic N) is 3. The Morgan fingerprint density at radius 2 is 1.66 bits per heavy atom. The van der Waals surface area contributed by atoms with Gasteiger partial charge in [-0.25, -0.2) is 0 Å². The number of methoxy groups -OCH3 is 1. The second-order valence-corrected chi connectivity index (χ2v) is 8.05. The molecule has 0 fully saturated rings. The zero-order valence-corrected chi connectivity index (χ0v) is 18.2. The molecular formula is C22H20N4O5S. The van der Waals surface area contributed by atoms with Crippen LogP contribution in [0.15, 0.2) is 48.5 Å². The lowest BCUT2D eigenvalue weighted by molar-refractivity contribution is -0.122. The number of benzene rings is 2.